The maximum Gasteiger partial charge on any atom is 0.321 e. The lowest BCUT2D eigenvalue weighted by atomic mass is 10.00. The number of carbonyl (C=O) groups is 1. The van der Waals surface area contributed by atoms with Gasteiger partial charge in [0, 0.05) is 23.7 Å². The Bertz CT molecular complexity index is 397. The van der Waals surface area contributed by atoms with Crippen LogP contribution >= 0.6 is 11.8 Å². The van der Waals surface area contributed by atoms with Crippen LogP contribution in [0.3, 0.4) is 0 Å². The molecule has 1 aliphatic heterocycles. The van der Waals surface area contributed by atoms with E-state index >= 15 is 0 Å². The van der Waals surface area contributed by atoms with E-state index in [1.165, 1.54) is 4.90 Å². The number of benzene rings is 1. The monoisotopic (exact) mass is 264 g/mol. The highest BCUT2D eigenvalue weighted by Crippen LogP contribution is 2.19. The van der Waals surface area contributed by atoms with Gasteiger partial charge in [0.15, 0.2) is 0 Å². The highest BCUT2D eigenvalue weighted by Gasteiger charge is 2.19. The van der Waals surface area contributed by atoms with Gasteiger partial charge in [0.1, 0.15) is 0 Å². The van der Waals surface area contributed by atoms with Gasteiger partial charge in [-0.3, -0.25) is 0 Å². The molecule has 0 atom stereocenters. The van der Waals surface area contributed by atoms with Gasteiger partial charge in [-0.05, 0) is 49.3 Å². The number of thioether (sulfide) groups is 1. The van der Waals surface area contributed by atoms with E-state index in [4.69, 9.17) is 0 Å². The van der Waals surface area contributed by atoms with Crippen molar-refractivity contribution < 1.29 is 4.79 Å². The molecule has 0 aromatic heterocycles. The number of nitrogens with zero attached hydrogens (tertiary/aromatic N) is 1. The molecule has 1 aromatic carbocycles. The number of hydrogen-bond donors (Lipinski definition) is 1. The molecule has 0 unspecified atom stereocenters. The van der Waals surface area contributed by atoms with E-state index in [2.05, 4.69) is 12.2 Å². The van der Waals surface area contributed by atoms with Crippen molar-refractivity contribution in [3.05, 3.63) is 24.3 Å². The molecule has 0 spiro atoms. The zero-order valence-electron chi connectivity index (χ0n) is 11.0. The molecule has 1 aromatic rings. The van der Waals surface area contributed by atoms with Crippen LogP contribution in [0.4, 0.5) is 10.5 Å². The van der Waals surface area contributed by atoms with Crippen LogP contribution in [0, 0.1) is 5.92 Å². The molecule has 4 heteroatoms. The normalized spacial score (nSPS) is 16.7. The fourth-order valence-electron chi connectivity index (χ4n) is 2.09. The van der Waals surface area contributed by atoms with Gasteiger partial charge < -0.3 is 10.2 Å². The zero-order chi connectivity index (χ0) is 13.0. The lowest BCUT2D eigenvalue weighted by molar-refractivity contribution is 0.186. The minimum Gasteiger partial charge on any atom is -0.325 e. The second kappa shape index (κ2) is 6.14. The van der Waals surface area contributed by atoms with Crippen LogP contribution in [-0.2, 0) is 0 Å². The summed E-state index contributed by atoms with van der Waals surface area (Å²) in [6.07, 6.45) is 4.26. The van der Waals surface area contributed by atoms with E-state index in [0.29, 0.717) is 0 Å². The lowest BCUT2D eigenvalue weighted by Crippen LogP contribution is -2.40. The topological polar surface area (TPSA) is 32.3 Å². The van der Waals surface area contributed by atoms with E-state index in [9.17, 15) is 4.79 Å². The van der Waals surface area contributed by atoms with Gasteiger partial charge in [-0.1, -0.05) is 6.92 Å². The summed E-state index contributed by atoms with van der Waals surface area (Å²) in [7, 11) is 0. The first kappa shape index (κ1) is 13.3. The van der Waals surface area contributed by atoms with Crippen LogP contribution in [0.5, 0.6) is 0 Å². The molecule has 3 nitrogen and oxygen atoms in total. The van der Waals surface area contributed by atoms with Crippen LogP contribution in [-0.4, -0.2) is 30.3 Å². The molecule has 0 bridgehead atoms. The fraction of sp³-hybridized carbons (Fsp3) is 0.500. The molecular weight excluding hydrogens is 244 g/mol. The molecule has 1 N–H and O–H groups in total. The van der Waals surface area contributed by atoms with Crippen LogP contribution < -0.4 is 5.32 Å². The first-order valence-corrected chi connectivity index (χ1v) is 7.61. The van der Waals surface area contributed by atoms with Crippen molar-refractivity contribution in [3.8, 4) is 0 Å². The molecule has 2 rings (SSSR count). The number of amides is 2. The third-order valence-corrected chi connectivity index (χ3v) is 4.16. The van der Waals surface area contributed by atoms with Crippen molar-refractivity contribution in [3.63, 3.8) is 0 Å². The molecule has 0 saturated carbocycles. The van der Waals surface area contributed by atoms with E-state index in [1.807, 2.05) is 35.4 Å². The standard InChI is InChI=1S/C14H20N2OS/c1-11-7-9-16(10-8-11)14(17)15-12-3-5-13(18-2)6-4-12/h3-6,11H,7-10H2,1-2H3,(H,15,17). The Hall–Kier alpha value is -1.16. The summed E-state index contributed by atoms with van der Waals surface area (Å²) in [6.45, 7) is 3.99. The van der Waals surface area contributed by atoms with Gasteiger partial charge in [0.05, 0.1) is 0 Å². The molecule has 18 heavy (non-hydrogen) atoms. The van der Waals surface area contributed by atoms with E-state index in [1.54, 1.807) is 11.8 Å². The SMILES string of the molecule is CSc1ccc(NC(=O)N2CCC(C)CC2)cc1. The zero-order valence-corrected chi connectivity index (χ0v) is 11.8. The molecule has 1 aliphatic rings. The maximum atomic E-state index is 12.0. The minimum absolute atomic E-state index is 0.0267. The summed E-state index contributed by atoms with van der Waals surface area (Å²) >= 11 is 1.70. The number of urea groups is 1. The molecule has 2 amide bonds. The number of carbonyl (C=O) groups excluding carboxylic acids is 1. The molecule has 0 radical (unpaired) electrons. The Morgan fingerprint density at radius 2 is 1.89 bits per heavy atom. The molecular formula is C14H20N2OS. The average molecular weight is 264 g/mol. The van der Waals surface area contributed by atoms with E-state index < -0.39 is 0 Å². The number of likely N-dealkylation sites (tertiary alicyclic amines) is 1. The summed E-state index contributed by atoms with van der Waals surface area (Å²) < 4.78 is 0. The highest BCUT2D eigenvalue weighted by molar-refractivity contribution is 7.98. The first-order valence-electron chi connectivity index (χ1n) is 6.39. The molecule has 98 valence electrons. The molecule has 1 heterocycles. The second-order valence-electron chi connectivity index (χ2n) is 4.83. The van der Waals surface area contributed by atoms with Crippen LogP contribution in [0.15, 0.2) is 29.2 Å². The van der Waals surface area contributed by atoms with Crippen LogP contribution in [0.25, 0.3) is 0 Å². The predicted molar refractivity (Wildman–Crippen MR) is 77.2 cm³/mol. The van der Waals surface area contributed by atoms with Crippen molar-refractivity contribution in [1.29, 1.82) is 0 Å². The summed E-state index contributed by atoms with van der Waals surface area (Å²) in [6, 6.07) is 7.99. The number of hydrogen-bond acceptors (Lipinski definition) is 2. The summed E-state index contributed by atoms with van der Waals surface area (Å²) in [5.74, 6) is 0.745. The summed E-state index contributed by atoms with van der Waals surface area (Å²) in [5.41, 5.74) is 0.872. The number of rotatable bonds is 2. The minimum atomic E-state index is 0.0267. The van der Waals surface area contributed by atoms with Gasteiger partial charge in [0.2, 0.25) is 0 Å². The van der Waals surface area contributed by atoms with Gasteiger partial charge in [-0.2, -0.15) is 0 Å². The lowest BCUT2D eigenvalue weighted by Gasteiger charge is -2.30. The van der Waals surface area contributed by atoms with Crippen LogP contribution in [0.2, 0.25) is 0 Å². The van der Waals surface area contributed by atoms with Gasteiger partial charge >= 0.3 is 6.03 Å². The second-order valence-corrected chi connectivity index (χ2v) is 5.71. The van der Waals surface area contributed by atoms with E-state index in [0.717, 1.165) is 37.5 Å². The van der Waals surface area contributed by atoms with Gasteiger partial charge in [-0.15, -0.1) is 11.8 Å². The summed E-state index contributed by atoms with van der Waals surface area (Å²) in [5, 5.41) is 2.96. The van der Waals surface area contributed by atoms with Gasteiger partial charge in [0.25, 0.3) is 0 Å². The van der Waals surface area contributed by atoms with Crippen molar-refractivity contribution >= 4 is 23.5 Å². The number of nitrogens with one attached hydrogen (secondary N) is 1. The average Bonchev–Trinajstić information content (AvgIpc) is 2.40. The van der Waals surface area contributed by atoms with Crippen molar-refractivity contribution in [1.82, 2.24) is 4.90 Å². The van der Waals surface area contributed by atoms with Crippen LogP contribution in [0.1, 0.15) is 19.8 Å². The third kappa shape index (κ3) is 3.42. The van der Waals surface area contributed by atoms with Crippen molar-refractivity contribution in [2.75, 3.05) is 24.7 Å². The highest BCUT2D eigenvalue weighted by atomic mass is 32.2. The van der Waals surface area contributed by atoms with Crippen molar-refractivity contribution in [2.45, 2.75) is 24.7 Å². The fourth-order valence-corrected chi connectivity index (χ4v) is 2.50. The molecule has 1 saturated heterocycles. The Kier molecular flexibility index (Phi) is 4.53. The largest absolute Gasteiger partial charge is 0.325 e. The Labute approximate surface area is 113 Å². The molecule has 1 fully saturated rings. The summed E-state index contributed by atoms with van der Waals surface area (Å²) in [4.78, 5) is 15.2. The maximum absolute atomic E-state index is 12.0. The van der Waals surface area contributed by atoms with Crippen molar-refractivity contribution in [2.24, 2.45) is 5.92 Å². The number of piperidine rings is 1. The molecule has 0 aliphatic carbocycles. The van der Waals surface area contributed by atoms with Gasteiger partial charge in [-0.25, -0.2) is 4.79 Å². The quantitative estimate of drug-likeness (QED) is 0.827. The predicted octanol–water partition coefficient (Wildman–Crippen LogP) is 3.67. The number of anilines is 1. The smallest absolute Gasteiger partial charge is 0.321 e. The van der Waals surface area contributed by atoms with E-state index in [-0.39, 0.29) is 6.03 Å². The Morgan fingerprint density at radius 1 is 1.28 bits per heavy atom. The Morgan fingerprint density at radius 3 is 2.44 bits per heavy atom. The Balaban J connectivity index is 1.90. The third-order valence-electron chi connectivity index (χ3n) is 3.41. The first-order chi connectivity index (χ1) is 8.69.